The minimum atomic E-state index is -0.418. The van der Waals surface area contributed by atoms with Crippen molar-refractivity contribution in [2.24, 2.45) is 0 Å². The van der Waals surface area contributed by atoms with E-state index in [0.29, 0.717) is 15.7 Å². The summed E-state index contributed by atoms with van der Waals surface area (Å²) in [7, 11) is 0. The molecule has 2 N–H and O–H groups in total. The van der Waals surface area contributed by atoms with Gasteiger partial charge >= 0.3 is 0 Å². The average molecular weight is 414 g/mol. The van der Waals surface area contributed by atoms with Gasteiger partial charge in [-0.3, -0.25) is 10.1 Å². The lowest BCUT2D eigenvalue weighted by molar-refractivity contribution is 0.0953. The topological polar surface area (TPSA) is 67.2 Å². The van der Waals surface area contributed by atoms with Crippen molar-refractivity contribution in [2.45, 2.75) is 0 Å². The Morgan fingerprint density at radius 1 is 1.15 bits per heavy atom. The molecule has 0 saturated carbocycles. The molecule has 134 valence electrons. The van der Waals surface area contributed by atoms with Crippen molar-refractivity contribution in [3.05, 3.63) is 70.8 Å². The summed E-state index contributed by atoms with van der Waals surface area (Å²) in [6, 6.07) is 16.5. The van der Waals surface area contributed by atoms with Crippen LogP contribution >= 0.6 is 35.2 Å². The number of para-hydroxylation sites is 1. The zero-order valence-electron chi connectivity index (χ0n) is 13.7. The molecule has 4 aromatic rings. The predicted octanol–water partition coefficient (Wildman–Crippen LogP) is 5.34. The number of anilines is 1. The molecule has 0 aliphatic rings. The van der Waals surface area contributed by atoms with E-state index in [1.165, 1.54) is 11.3 Å². The Morgan fingerprint density at radius 3 is 2.70 bits per heavy atom. The van der Waals surface area contributed by atoms with E-state index in [1.807, 2.05) is 47.8 Å². The van der Waals surface area contributed by atoms with E-state index >= 15 is 0 Å². The third-order valence-corrected chi connectivity index (χ3v) is 4.95. The van der Waals surface area contributed by atoms with Crippen LogP contribution in [-0.2, 0) is 0 Å². The fourth-order valence-corrected chi connectivity index (χ4v) is 3.58. The monoisotopic (exact) mass is 413 g/mol. The Morgan fingerprint density at radius 2 is 1.93 bits per heavy atom. The molecular formula is C19H12ClN3O2S2. The zero-order valence-corrected chi connectivity index (χ0v) is 16.1. The number of fused-ring (bicyclic) bond motifs is 1. The van der Waals surface area contributed by atoms with E-state index in [-0.39, 0.29) is 10.9 Å². The first kappa shape index (κ1) is 17.7. The smallest absolute Gasteiger partial charge is 0.293 e. The van der Waals surface area contributed by atoms with Crippen LogP contribution in [0.2, 0.25) is 5.02 Å². The highest BCUT2D eigenvalue weighted by atomic mass is 35.5. The Labute approximate surface area is 169 Å². The Hall–Kier alpha value is -2.74. The number of hydrogen-bond donors (Lipinski definition) is 2. The van der Waals surface area contributed by atoms with Gasteiger partial charge in [0.05, 0.1) is 5.69 Å². The summed E-state index contributed by atoms with van der Waals surface area (Å²) in [5.74, 6) is -0.223. The van der Waals surface area contributed by atoms with Crippen LogP contribution < -0.4 is 10.6 Å². The van der Waals surface area contributed by atoms with Crippen LogP contribution in [-0.4, -0.2) is 16.0 Å². The molecule has 2 aromatic heterocycles. The number of benzene rings is 2. The van der Waals surface area contributed by atoms with Gasteiger partial charge in [-0.05, 0) is 36.5 Å². The molecule has 0 radical (unpaired) electrons. The molecule has 1 amide bonds. The number of halogens is 1. The molecule has 4 rings (SSSR count). The normalized spacial score (nSPS) is 10.7. The van der Waals surface area contributed by atoms with Crippen LogP contribution in [0.1, 0.15) is 10.6 Å². The molecule has 0 saturated heterocycles. The van der Waals surface area contributed by atoms with Crippen molar-refractivity contribution in [1.29, 1.82) is 0 Å². The van der Waals surface area contributed by atoms with Crippen molar-refractivity contribution >= 4 is 62.3 Å². The number of hydrogen-bond acceptors (Lipinski definition) is 5. The van der Waals surface area contributed by atoms with Crippen LogP contribution in [0.25, 0.3) is 22.2 Å². The summed E-state index contributed by atoms with van der Waals surface area (Å²) >= 11 is 12.5. The van der Waals surface area contributed by atoms with Gasteiger partial charge < -0.3 is 9.73 Å². The number of rotatable bonds is 3. The number of nitrogens with zero attached hydrogens (tertiary/aromatic N) is 1. The molecule has 8 heteroatoms. The molecule has 0 unspecified atom stereocenters. The summed E-state index contributed by atoms with van der Waals surface area (Å²) in [6.07, 6.45) is 0. The lowest BCUT2D eigenvalue weighted by Crippen LogP contribution is -2.33. The minimum Gasteiger partial charge on any atom is -0.451 e. The van der Waals surface area contributed by atoms with Gasteiger partial charge in [0.25, 0.3) is 5.91 Å². The second kappa shape index (κ2) is 7.48. The molecule has 5 nitrogen and oxygen atoms in total. The van der Waals surface area contributed by atoms with Crippen molar-refractivity contribution < 1.29 is 9.21 Å². The SMILES string of the molecule is O=C(NC(=S)Nc1nc(-c2ccc(Cl)cc2)cs1)c1cc2ccccc2o1. The standard InChI is InChI=1S/C19H12ClN3O2S2/c20-13-7-5-11(6-8-13)14-10-27-19(21-14)23-18(26)22-17(24)16-9-12-3-1-2-4-15(12)25-16/h1-10H,(H2,21,22,23,24,26). The number of amides is 1. The van der Waals surface area contributed by atoms with Gasteiger partial charge in [-0.1, -0.05) is 41.9 Å². The number of carbonyl (C=O) groups is 1. The maximum atomic E-state index is 12.3. The molecule has 0 fully saturated rings. The van der Waals surface area contributed by atoms with Gasteiger partial charge in [-0.2, -0.15) is 0 Å². The lowest BCUT2D eigenvalue weighted by Gasteiger charge is -2.05. The maximum Gasteiger partial charge on any atom is 0.293 e. The molecule has 0 aliphatic carbocycles. The average Bonchev–Trinajstić information content (AvgIpc) is 3.29. The van der Waals surface area contributed by atoms with E-state index in [4.69, 9.17) is 28.2 Å². The van der Waals surface area contributed by atoms with Crippen molar-refractivity contribution in [1.82, 2.24) is 10.3 Å². The fraction of sp³-hybridized carbons (Fsp3) is 0. The van der Waals surface area contributed by atoms with Crippen LogP contribution in [0.15, 0.2) is 64.4 Å². The van der Waals surface area contributed by atoms with Crippen molar-refractivity contribution in [3.63, 3.8) is 0 Å². The van der Waals surface area contributed by atoms with Crippen LogP contribution in [0, 0.1) is 0 Å². The first-order valence-electron chi connectivity index (χ1n) is 7.91. The van der Waals surface area contributed by atoms with Gasteiger partial charge in [-0.15, -0.1) is 11.3 Å². The molecular weight excluding hydrogens is 402 g/mol. The van der Waals surface area contributed by atoms with E-state index < -0.39 is 5.91 Å². The van der Waals surface area contributed by atoms with E-state index in [1.54, 1.807) is 12.1 Å². The van der Waals surface area contributed by atoms with Crippen LogP contribution in [0.4, 0.5) is 5.13 Å². The van der Waals surface area contributed by atoms with Crippen LogP contribution in [0.5, 0.6) is 0 Å². The second-order valence-corrected chi connectivity index (χ2v) is 7.30. The largest absolute Gasteiger partial charge is 0.451 e. The third-order valence-electron chi connectivity index (χ3n) is 3.74. The first-order chi connectivity index (χ1) is 13.1. The van der Waals surface area contributed by atoms with E-state index in [9.17, 15) is 4.79 Å². The maximum absolute atomic E-state index is 12.3. The van der Waals surface area contributed by atoms with E-state index in [0.717, 1.165) is 16.6 Å². The fourth-order valence-electron chi connectivity index (χ4n) is 2.47. The molecule has 2 aromatic carbocycles. The number of nitrogens with one attached hydrogen (secondary N) is 2. The number of thiocarbonyl (C=S) groups is 1. The highest BCUT2D eigenvalue weighted by Gasteiger charge is 2.14. The summed E-state index contributed by atoms with van der Waals surface area (Å²) < 4.78 is 5.53. The van der Waals surface area contributed by atoms with Gasteiger partial charge in [0.1, 0.15) is 5.58 Å². The number of furan rings is 1. The third kappa shape index (κ3) is 4.00. The minimum absolute atomic E-state index is 0.150. The predicted molar refractivity (Wildman–Crippen MR) is 112 cm³/mol. The molecule has 0 bridgehead atoms. The van der Waals surface area contributed by atoms with Gasteiger partial charge in [0, 0.05) is 21.4 Å². The molecule has 0 aliphatic heterocycles. The number of carbonyl (C=O) groups excluding carboxylic acids is 1. The Balaban J connectivity index is 1.42. The number of aromatic nitrogens is 1. The molecule has 0 spiro atoms. The summed E-state index contributed by atoms with van der Waals surface area (Å²) in [5, 5.41) is 9.67. The van der Waals surface area contributed by atoms with E-state index in [2.05, 4.69) is 15.6 Å². The van der Waals surface area contributed by atoms with Crippen molar-refractivity contribution in [2.75, 3.05) is 5.32 Å². The first-order valence-corrected chi connectivity index (χ1v) is 9.57. The highest BCUT2D eigenvalue weighted by Crippen LogP contribution is 2.26. The zero-order chi connectivity index (χ0) is 18.8. The lowest BCUT2D eigenvalue weighted by atomic mass is 10.2. The van der Waals surface area contributed by atoms with Gasteiger partial charge in [0.2, 0.25) is 0 Å². The summed E-state index contributed by atoms with van der Waals surface area (Å²) in [4.78, 5) is 16.8. The summed E-state index contributed by atoms with van der Waals surface area (Å²) in [5.41, 5.74) is 2.39. The van der Waals surface area contributed by atoms with Crippen molar-refractivity contribution in [3.8, 4) is 11.3 Å². The molecule has 27 heavy (non-hydrogen) atoms. The second-order valence-electron chi connectivity index (χ2n) is 5.60. The summed E-state index contributed by atoms with van der Waals surface area (Å²) in [6.45, 7) is 0. The quantitative estimate of drug-likeness (QED) is 0.444. The van der Waals surface area contributed by atoms with Gasteiger partial charge in [-0.25, -0.2) is 4.98 Å². The molecule has 0 atom stereocenters. The Bertz CT molecular complexity index is 1100. The highest BCUT2D eigenvalue weighted by molar-refractivity contribution is 7.80. The van der Waals surface area contributed by atoms with Gasteiger partial charge in [0.15, 0.2) is 16.0 Å². The number of thiazole rings is 1. The molecule has 2 heterocycles. The van der Waals surface area contributed by atoms with Crippen LogP contribution in [0.3, 0.4) is 0 Å². The Kier molecular flexibility index (Phi) is 4.89.